The number of fused-ring (bicyclic) bond motifs is 1. The summed E-state index contributed by atoms with van der Waals surface area (Å²) in [4.78, 5) is 17.1. The van der Waals surface area contributed by atoms with E-state index in [-0.39, 0.29) is 25.4 Å². The van der Waals surface area contributed by atoms with Gasteiger partial charge in [0.05, 0.1) is 6.61 Å². The molecule has 0 saturated carbocycles. The van der Waals surface area contributed by atoms with Gasteiger partial charge in [-0.25, -0.2) is 4.79 Å². The minimum atomic E-state index is -2.36. The van der Waals surface area contributed by atoms with Crippen molar-refractivity contribution in [2.24, 2.45) is 5.92 Å². The average molecular weight is 436 g/mol. The van der Waals surface area contributed by atoms with Gasteiger partial charge in [0.25, 0.3) is 0 Å². The van der Waals surface area contributed by atoms with Crippen LogP contribution in [0.15, 0.2) is 24.4 Å². The highest BCUT2D eigenvalue weighted by Crippen LogP contribution is 2.33. The first-order chi connectivity index (χ1) is 14.8. The first-order valence-corrected chi connectivity index (χ1v) is 10.5. The molecule has 1 aromatic carbocycles. The SMILES string of the molecule is CC(C)CCc1ccc2[n-]cc(OC(=O)[C@@H]3O[C@@](O)(CO)[C@H](O)[C@H]3OCCCO)c2c1. The van der Waals surface area contributed by atoms with Gasteiger partial charge in [0.15, 0.2) is 6.10 Å². The molecular weight excluding hydrogens is 406 g/mol. The summed E-state index contributed by atoms with van der Waals surface area (Å²) in [7, 11) is 0. The van der Waals surface area contributed by atoms with Crippen LogP contribution in [0.1, 0.15) is 32.3 Å². The Labute approximate surface area is 180 Å². The second-order valence-electron chi connectivity index (χ2n) is 8.23. The number of aryl methyl sites for hydroxylation is 1. The number of benzene rings is 1. The molecule has 9 heteroatoms. The predicted octanol–water partition coefficient (Wildman–Crippen LogP) is 0.499. The molecule has 0 aliphatic carbocycles. The summed E-state index contributed by atoms with van der Waals surface area (Å²) in [6.45, 7) is 3.25. The molecular formula is C22H30NO8-. The zero-order valence-corrected chi connectivity index (χ0v) is 17.7. The molecule has 0 spiro atoms. The van der Waals surface area contributed by atoms with E-state index in [2.05, 4.69) is 18.8 Å². The van der Waals surface area contributed by atoms with Crippen molar-refractivity contribution in [3.05, 3.63) is 30.0 Å². The number of ether oxygens (including phenoxy) is 3. The van der Waals surface area contributed by atoms with E-state index >= 15 is 0 Å². The van der Waals surface area contributed by atoms with Crippen LogP contribution in [0.5, 0.6) is 5.75 Å². The molecule has 1 aliphatic rings. The fourth-order valence-electron chi connectivity index (χ4n) is 3.50. The quantitative estimate of drug-likeness (QED) is 0.310. The highest BCUT2D eigenvalue weighted by molar-refractivity contribution is 5.90. The molecule has 1 aromatic heterocycles. The van der Waals surface area contributed by atoms with E-state index in [0.717, 1.165) is 18.4 Å². The molecule has 1 fully saturated rings. The number of hydrogen-bond donors (Lipinski definition) is 4. The summed E-state index contributed by atoms with van der Waals surface area (Å²) in [5.41, 5.74) is 1.77. The number of aromatic nitrogens is 1. The fourth-order valence-corrected chi connectivity index (χ4v) is 3.50. The van der Waals surface area contributed by atoms with E-state index in [1.54, 1.807) is 0 Å². The van der Waals surface area contributed by atoms with Crippen LogP contribution in [0.25, 0.3) is 10.9 Å². The van der Waals surface area contributed by atoms with E-state index in [4.69, 9.17) is 19.3 Å². The predicted molar refractivity (Wildman–Crippen MR) is 110 cm³/mol. The molecule has 31 heavy (non-hydrogen) atoms. The Balaban J connectivity index is 1.78. The van der Waals surface area contributed by atoms with Crippen LogP contribution in [-0.4, -0.2) is 70.3 Å². The van der Waals surface area contributed by atoms with Crippen molar-refractivity contribution in [1.29, 1.82) is 0 Å². The van der Waals surface area contributed by atoms with Gasteiger partial charge in [0.1, 0.15) is 18.0 Å². The number of hydrogen-bond acceptors (Lipinski definition) is 8. The topological polar surface area (TPSA) is 140 Å². The standard InChI is InChI=1S/C22H30NO8/c1-13(2)4-5-14-6-7-16-15(10-14)17(11-23-16)30-21(27)19-18(29-9-3-8-24)20(26)22(28,12-25)31-19/h6-7,10-11,13,18-20,24-26,28H,3-5,8-9,12H2,1-2H3/q-1/t18-,19+,20+,22-/m0/s1. The minimum absolute atomic E-state index is 0.0208. The van der Waals surface area contributed by atoms with Gasteiger partial charge in [0.2, 0.25) is 5.79 Å². The van der Waals surface area contributed by atoms with Crippen molar-refractivity contribution in [2.75, 3.05) is 19.8 Å². The highest BCUT2D eigenvalue weighted by Gasteiger charge is 2.57. The minimum Gasteiger partial charge on any atom is -0.661 e. The zero-order valence-electron chi connectivity index (χ0n) is 17.7. The monoisotopic (exact) mass is 436 g/mol. The van der Waals surface area contributed by atoms with E-state index in [9.17, 15) is 20.1 Å². The number of aliphatic hydroxyl groups excluding tert-OH is 3. The molecule has 2 aromatic rings. The molecule has 3 rings (SSSR count). The first-order valence-electron chi connectivity index (χ1n) is 10.5. The van der Waals surface area contributed by atoms with Crippen LogP contribution >= 0.6 is 0 Å². The largest absolute Gasteiger partial charge is 0.661 e. The normalized spacial score (nSPS) is 26.1. The Kier molecular flexibility index (Phi) is 7.68. The van der Waals surface area contributed by atoms with Crippen molar-refractivity contribution < 1.29 is 39.4 Å². The maximum Gasteiger partial charge on any atom is 0.343 e. The van der Waals surface area contributed by atoms with Gasteiger partial charge in [-0.3, -0.25) is 0 Å². The second-order valence-corrected chi connectivity index (χ2v) is 8.23. The summed E-state index contributed by atoms with van der Waals surface area (Å²) in [5.74, 6) is -2.45. The molecule has 4 atom stereocenters. The van der Waals surface area contributed by atoms with E-state index in [0.29, 0.717) is 16.8 Å². The van der Waals surface area contributed by atoms with Crippen molar-refractivity contribution in [3.63, 3.8) is 0 Å². The Morgan fingerprint density at radius 1 is 1.32 bits per heavy atom. The number of aliphatic hydroxyl groups is 4. The molecule has 2 heterocycles. The van der Waals surface area contributed by atoms with Gasteiger partial charge < -0.3 is 39.6 Å². The van der Waals surface area contributed by atoms with E-state index < -0.39 is 36.7 Å². The number of carbonyl (C=O) groups excluding carboxylic acids is 1. The lowest BCUT2D eigenvalue weighted by atomic mass is 10.0. The van der Waals surface area contributed by atoms with Gasteiger partial charge in [-0.15, -0.1) is 11.7 Å². The van der Waals surface area contributed by atoms with Crippen molar-refractivity contribution >= 4 is 16.9 Å². The van der Waals surface area contributed by atoms with Crippen LogP contribution in [0.4, 0.5) is 0 Å². The molecule has 9 nitrogen and oxygen atoms in total. The number of nitrogens with zero attached hydrogens (tertiary/aromatic N) is 1. The van der Waals surface area contributed by atoms with Crippen LogP contribution in [0.3, 0.4) is 0 Å². The fraction of sp³-hybridized carbons (Fsp3) is 0.591. The van der Waals surface area contributed by atoms with Gasteiger partial charge in [0, 0.05) is 18.6 Å². The van der Waals surface area contributed by atoms with E-state index in [1.165, 1.54) is 6.20 Å². The van der Waals surface area contributed by atoms with Crippen molar-refractivity contribution in [3.8, 4) is 5.75 Å². The van der Waals surface area contributed by atoms with Crippen LogP contribution in [0, 0.1) is 5.92 Å². The summed E-state index contributed by atoms with van der Waals surface area (Å²) in [5, 5.41) is 39.6. The summed E-state index contributed by atoms with van der Waals surface area (Å²) >= 11 is 0. The lowest BCUT2D eigenvalue weighted by Gasteiger charge is -2.23. The molecule has 1 aliphatic heterocycles. The molecule has 0 bridgehead atoms. The lowest BCUT2D eigenvalue weighted by molar-refractivity contribution is -0.246. The third-order valence-electron chi connectivity index (χ3n) is 5.34. The third kappa shape index (κ3) is 5.25. The molecule has 1 saturated heterocycles. The number of rotatable bonds is 10. The molecule has 172 valence electrons. The van der Waals surface area contributed by atoms with E-state index in [1.807, 2.05) is 18.2 Å². The molecule has 4 N–H and O–H groups in total. The highest BCUT2D eigenvalue weighted by atomic mass is 16.7. The maximum absolute atomic E-state index is 12.8. The smallest absolute Gasteiger partial charge is 0.343 e. The Hall–Kier alpha value is -2.01. The van der Waals surface area contributed by atoms with Gasteiger partial charge >= 0.3 is 5.97 Å². The van der Waals surface area contributed by atoms with Crippen molar-refractivity contribution in [2.45, 2.75) is 57.2 Å². The second kappa shape index (κ2) is 10.1. The van der Waals surface area contributed by atoms with Gasteiger partial charge in [-0.1, -0.05) is 26.0 Å². The Morgan fingerprint density at radius 3 is 2.77 bits per heavy atom. The van der Waals surface area contributed by atoms with Gasteiger partial charge in [-0.2, -0.15) is 0 Å². The summed E-state index contributed by atoms with van der Waals surface area (Å²) in [6.07, 6.45) is -0.819. The molecule has 0 radical (unpaired) electrons. The average Bonchev–Trinajstić information content (AvgIpc) is 3.26. The molecule has 0 unspecified atom stereocenters. The number of carbonyl (C=O) groups is 1. The van der Waals surface area contributed by atoms with Crippen LogP contribution in [0.2, 0.25) is 0 Å². The Morgan fingerprint density at radius 2 is 2.10 bits per heavy atom. The summed E-state index contributed by atoms with van der Waals surface area (Å²) < 4.78 is 16.2. The summed E-state index contributed by atoms with van der Waals surface area (Å²) in [6, 6.07) is 5.78. The van der Waals surface area contributed by atoms with Crippen molar-refractivity contribution in [1.82, 2.24) is 4.98 Å². The zero-order chi connectivity index (χ0) is 22.6. The molecule has 0 amide bonds. The first kappa shape index (κ1) is 23.6. The van der Waals surface area contributed by atoms with Gasteiger partial charge in [-0.05, 0) is 36.8 Å². The maximum atomic E-state index is 12.8. The lowest BCUT2D eigenvalue weighted by Crippen LogP contribution is -2.47. The third-order valence-corrected chi connectivity index (χ3v) is 5.34. The van der Waals surface area contributed by atoms with Crippen LogP contribution < -0.4 is 9.72 Å². The van der Waals surface area contributed by atoms with Crippen LogP contribution in [-0.2, 0) is 20.7 Å². The Bertz CT molecular complexity index is 882. The number of esters is 1.